The average molecular weight is 204 g/mol. The van der Waals surface area contributed by atoms with Crippen molar-refractivity contribution in [1.82, 2.24) is 5.43 Å². The Morgan fingerprint density at radius 2 is 2.00 bits per heavy atom. The van der Waals surface area contributed by atoms with Crippen LogP contribution in [0.3, 0.4) is 0 Å². The average Bonchev–Trinajstić information content (AvgIpc) is 2.14. The van der Waals surface area contributed by atoms with Gasteiger partial charge in [0.2, 0.25) is 6.41 Å². The van der Waals surface area contributed by atoms with Crippen LogP contribution in [0.1, 0.15) is 5.56 Å². The SMILES string of the molecule is O=CNNc1cccc(C(F)(F)F)c1. The summed E-state index contributed by atoms with van der Waals surface area (Å²) in [5.74, 6) is 0. The van der Waals surface area contributed by atoms with Crippen molar-refractivity contribution >= 4 is 12.1 Å². The molecule has 0 heterocycles. The number of hydrazine groups is 1. The molecule has 0 aliphatic rings. The minimum Gasteiger partial charge on any atom is -0.299 e. The molecule has 0 aromatic heterocycles. The van der Waals surface area contributed by atoms with Crippen LogP contribution in [0.4, 0.5) is 18.9 Å². The van der Waals surface area contributed by atoms with Gasteiger partial charge in [-0.25, -0.2) is 0 Å². The van der Waals surface area contributed by atoms with E-state index in [0.717, 1.165) is 12.1 Å². The van der Waals surface area contributed by atoms with E-state index in [2.05, 4.69) is 5.43 Å². The summed E-state index contributed by atoms with van der Waals surface area (Å²) < 4.78 is 36.5. The highest BCUT2D eigenvalue weighted by atomic mass is 19.4. The second kappa shape index (κ2) is 3.99. The van der Waals surface area contributed by atoms with Crippen molar-refractivity contribution in [2.75, 3.05) is 5.43 Å². The van der Waals surface area contributed by atoms with E-state index >= 15 is 0 Å². The Balaban J connectivity index is 2.84. The van der Waals surface area contributed by atoms with E-state index in [1.165, 1.54) is 12.1 Å². The topological polar surface area (TPSA) is 41.1 Å². The van der Waals surface area contributed by atoms with Crippen LogP contribution in [-0.2, 0) is 11.0 Å². The summed E-state index contributed by atoms with van der Waals surface area (Å²) in [7, 11) is 0. The Bertz CT molecular complexity index is 325. The highest BCUT2D eigenvalue weighted by Crippen LogP contribution is 2.30. The number of carbonyl (C=O) groups excluding carboxylic acids is 1. The van der Waals surface area contributed by atoms with Crippen LogP contribution in [-0.4, -0.2) is 6.41 Å². The Labute approximate surface area is 77.9 Å². The van der Waals surface area contributed by atoms with Crippen molar-refractivity contribution in [1.29, 1.82) is 0 Å². The first-order valence-electron chi connectivity index (χ1n) is 3.66. The zero-order valence-corrected chi connectivity index (χ0v) is 6.93. The first kappa shape index (κ1) is 10.4. The minimum absolute atomic E-state index is 0.173. The first-order chi connectivity index (χ1) is 6.54. The summed E-state index contributed by atoms with van der Waals surface area (Å²) >= 11 is 0. The highest BCUT2D eigenvalue weighted by Gasteiger charge is 2.30. The Kier molecular flexibility index (Phi) is 2.95. The van der Waals surface area contributed by atoms with Gasteiger partial charge in [0, 0.05) is 0 Å². The fraction of sp³-hybridized carbons (Fsp3) is 0.125. The quantitative estimate of drug-likeness (QED) is 0.582. The van der Waals surface area contributed by atoms with Gasteiger partial charge in [0.15, 0.2) is 0 Å². The van der Waals surface area contributed by atoms with E-state index in [-0.39, 0.29) is 5.69 Å². The largest absolute Gasteiger partial charge is 0.416 e. The van der Waals surface area contributed by atoms with Crippen molar-refractivity contribution in [3.8, 4) is 0 Å². The normalized spacial score (nSPS) is 10.8. The molecule has 0 spiro atoms. The van der Waals surface area contributed by atoms with Gasteiger partial charge in [0.05, 0.1) is 11.3 Å². The van der Waals surface area contributed by atoms with Crippen molar-refractivity contribution in [3.05, 3.63) is 29.8 Å². The van der Waals surface area contributed by atoms with Gasteiger partial charge in [-0.1, -0.05) is 6.07 Å². The number of alkyl halides is 3. The second-order valence-electron chi connectivity index (χ2n) is 2.47. The van der Waals surface area contributed by atoms with Crippen molar-refractivity contribution in [3.63, 3.8) is 0 Å². The van der Waals surface area contributed by atoms with Crippen LogP contribution in [0.5, 0.6) is 0 Å². The molecule has 0 aliphatic carbocycles. The molecule has 0 atom stereocenters. The molecule has 76 valence electrons. The van der Waals surface area contributed by atoms with E-state index in [0.29, 0.717) is 6.41 Å². The van der Waals surface area contributed by atoms with Crippen LogP contribution in [0.2, 0.25) is 0 Å². The third kappa shape index (κ3) is 2.65. The fourth-order valence-corrected chi connectivity index (χ4v) is 0.886. The van der Waals surface area contributed by atoms with E-state index in [9.17, 15) is 18.0 Å². The van der Waals surface area contributed by atoms with Gasteiger partial charge < -0.3 is 0 Å². The number of benzene rings is 1. The maximum absolute atomic E-state index is 12.2. The molecule has 0 bridgehead atoms. The molecule has 0 saturated carbocycles. The molecule has 2 N–H and O–H groups in total. The maximum Gasteiger partial charge on any atom is 0.416 e. The van der Waals surface area contributed by atoms with E-state index in [1.807, 2.05) is 5.43 Å². The molecule has 14 heavy (non-hydrogen) atoms. The Hall–Kier alpha value is -1.72. The third-order valence-corrected chi connectivity index (χ3v) is 1.47. The molecule has 0 aliphatic heterocycles. The number of amides is 1. The van der Waals surface area contributed by atoms with Gasteiger partial charge in [0.25, 0.3) is 0 Å². The number of halogens is 3. The van der Waals surface area contributed by atoms with Crippen LogP contribution < -0.4 is 10.9 Å². The molecule has 6 heteroatoms. The third-order valence-electron chi connectivity index (χ3n) is 1.47. The smallest absolute Gasteiger partial charge is 0.299 e. The summed E-state index contributed by atoms with van der Waals surface area (Å²) in [6.07, 6.45) is -4.04. The van der Waals surface area contributed by atoms with E-state index < -0.39 is 11.7 Å². The van der Waals surface area contributed by atoms with Crippen LogP contribution >= 0.6 is 0 Å². The van der Waals surface area contributed by atoms with Crippen LogP contribution in [0, 0.1) is 0 Å². The summed E-state index contributed by atoms with van der Waals surface area (Å²) in [6.45, 7) is 0. The molecule has 0 saturated heterocycles. The molecule has 1 rings (SSSR count). The van der Waals surface area contributed by atoms with Gasteiger partial charge >= 0.3 is 6.18 Å². The van der Waals surface area contributed by atoms with E-state index in [1.54, 1.807) is 0 Å². The molecular weight excluding hydrogens is 197 g/mol. The number of hydrogen-bond donors (Lipinski definition) is 2. The van der Waals surface area contributed by atoms with Gasteiger partial charge in [-0.3, -0.25) is 15.6 Å². The summed E-state index contributed by atoms with van der Waals surface area (Å²) in [6, 6.07) is 4.51. The summed E-state index contributed by atoms with van der Waals surface area (Å²) in [5, 5.41) is 0. The van der Waals surface area contributed by atoms with Gasteiger partial charge in [-0.2, -0.15) is 13.2 Å². The molecular formula is C8H7F3N2O. The lowest BCUT2D eigenvalue weighted by Gasteiger charge is -2.09. The van der Waals surface area contributed by atoms with Gasteiger partial charge in [0.1, 0.15) is 0 Å². The molecule has 3 nitrogen and oxygen atoms in total. The Morgan fingerprint density at radius 3 is 2.57 bits per heavy atom. The van der Waals surface area contributed by atoms with Crippen molar-refractivity contribution < 1.29 is 18.0 Å². The summed E-state index contributed by atoms with van der Waals surface area (Å²) in [4.78, 5) is 9.86. The molecule has 1 aromatic rings. The zero-order valence-electron chi connectivity index (χ0n) is 6.93. The van der Waals surface area contributed by atoms with Gasteiger partial charge in [-0.05, 0) is 18.2 Å². The van der Waals surface area contributed by atoms with Crippen LogP contribution in [0.25, 0.3) is 0 Å². The second-order valence-corrected chi connectivity index (χ2v) is 2.47. The minimum atomic E-state index is -4.38. The molecule has 1 aromatic carbocycles. The number of anilines is 1. The number of carbonyl (C=O) groups is 1. The number of nitrogens with one attached hydrogen (secondary N) is 2. The maximum atomic E-state index is 12.2. The standard InChI is InChI=1S/C8H7F3N2O/c9-8(10,11)6-2-1-3-7(4-6)13-12-5-14/h1-5,13H,(H,12,14). The fourth-order valence-electron chi connectivity index (χ4n) is 0.886. The van der Waals surface area contributed by atoms with Crippen molar-refractivity contribution in [2.45, 2.75) is 6.18 Å². The van der Waals surface area contributed by atoms with Crippen molar-refractivity contribution in [2.24, 2.45) is 0 Å². The molecule has 0 radical (unpaired) electrons. The van der Waals surface area contributed by atoms with E-state index in [4.69, 9.17) is 0 Å². The summed E-state index contributed by atoms with van der Waals surface area (Å²) in [5.41, 5.74) is 3.74. The van der Waals surface area contributed by atoms with Crippen LogP contribution in [0.15, 0.2) is 24.3 Å². The highest BCUT2D eigenvalue weighted by molar-refractivity contribution is 5.53. The molecule has 0 unspecified atom stereocenters. The lowest BCUT2D eigenvalue weighted by Crippen LogP contribution is -2.19. The predicted molar refractivity (Wildman–Crippen MR) is 44.3 cm³/mol. The molecule has 1 amide bonds. The predicted octanol–water partition coefficient (Wildman–Crippen LogP) is 1.78. The first-order valence-corrected chi connectivity index (χ1v) is 3.66. The number of rotatable bonds is 3. The zero-order chi connectivity index (χ0) is 10.6. The number of hydrogen-bond acceptors (Lipinski definition) is 2. The lowest BCUT2D eigenvalue weighted by atomic mass is 10.2. The lowest BCUT2D eigenvalue weighted by molar-refractivity contribution is -0.137. The monoisotopic (exact) mass is 204 g/mol. The molecule has 0 fully saturated rings. The Morgan fingerprint density at radius 1 is 1.29 bits per heavy atom. The van der Waals surface area contributed by atoms with Gasteiger partial charge in [-0.15, -0.1) is 0 Å².